The SMILES string of the molecule is C[C@@H]1C(=O)[C@H](C)[C@@H]2[NH2+][C@@H]1c1ccccc1OCCOCCOc1ccccc12. The van der Waals surface area contributed by atoms with Crippen LogP contribution in [0.5, 0.6) is 11.5 Å². The third-order valence-corrected chi connectivity index (χ3v) is 5.92. The van der Waals surface area contributed by atoms with Crippen LogP contribution >= 0.6 is 0 Å². The molecule has 4 rings (SSSR count). The monoisotopic (exact) mass is 382 g/mol. The molecule has 2 heterocycles. The highest BCUT2D eigenvalue weighted by molar-refractivity contribution is 5.85. The van der Waals surface area contributed by atoms with E-state index in [1.807, 2.05) is 50.2 Å². The summed E-state index contributed by atoms with van der Waals surface area (Å²) < 4.78 is 17.7. The molecular weight excluding hydrogens is 354 g/mol. The van der Waals surface area contributed by atoms with Gasteiger partial charge in [0.15, 0.2) is 5.78 Å². The number of piperidine rings is 1. The molecule has 1 saturated heterocycles. The number of Topliss-reactive ketones (excluding diaryl/α,β-unsaturated/α-hetero) is 1. The first-order valence-corrected chi connectivity index (χ1v) is 10.1. The zero-order valence-electron chi connectivity index (χ0n) is 16.5. The van der Waals surface area contributed by atoms with Gasteiger partial charge in [-0.15, -0.1) is 0 Å². The smallest absolute Gasteiger partial charge is 0.151 e. The average molecular weight is 382 g/mol. The molecule has 0 aromatic heterocycles. The molecule has 0 amide bonds. The maximum atomic E-state index is 13.2. The van der Waals surface area contributed by atoms with Gasteiger partial charge in [-0.05, 0) is 38.1 Å². The summed E-state index contributed by atoms with van der Waals surface area (Å²) in [4.78, 5) is 13.2. The summed E-state index contributed by atoms with van der Waals surface area (Å²) in [5.74, 6) is 1.78. The van der Waals surface area contributed by atoms with Crippen molar-refractivity contribution in [2.75, 3.05) is 26.4 Å². The summed E-state index contributed by atoms with van der Waals surface area (Å²) in [5.41, 5.74) is 2.13. The van der Waals surface area contributed by atoms with E-state index in [0.29, 0.717) is 26.4 Å². The number of hydrogen-bond acceptors (Lipinski definition) is 4. The number of quaternary nitrogens is 1. The van der Waals surface area contributed by atoms with Crippen LogP contribution in [0.4, 0.5) is 0 Å². The molecule has 0 unspecified atom stereocenters. The number of carbonyl (C=O) groups excluding carboxylic acids is 1. The van der Waals surface area contributed by atoms with Crippen molar-refractivity contribution in [2.45, 2.75) is 25.9 Å². The van der Waals surface area contributed by atoms with Gasteiger partial charge in [0.2, 0.25) is 0 Å². The zero-order valence-corrected chi connectivity index (χ0v) is 16.5. The van der Waals surface area contributed by atoms with E-state index in [-0.39, 0.29) is 29.7 Å². The highest BCUT2D eigenvalue weighted by atomic mass is 16.5. The molecule has 5 nitrogen and oxygen atoms in total. The lowest BCUT2D eigenvalue weighted by Crippen LogP contribution is -2.91. The van der Waals surface area contributed by atoms with Gasteiger partial charge >= 0.3 is 0 Å². The molecule has 2 aromatic carbocycles. The minimum absolute atomic E-state index is 0.00168. The van der Waals surface area contributed by atoms with Crippen LogP contribution in [0.2, 0.25) is 0 Å². The van der Waals surface area contributed by atoms with E-state index in [0.717, 1.165) is 22.6 Å². The van der Waals surface area contributed by atoms with Crippen LogP contribution in [0.15, 0.2) is 48.5 Å². The molecule has 0 spiro atoms. The van der Waals surface area contributed by atoms with E-state index in [2.05, 4.69) is 17.4 Å². The third-order valence-electron chi connectivity index (χ3n) is 5.92. The first-order chi connectivity index (χ1) is 13.7. The standard InChI is InChI=1S/C23H27NO4/c1-15-21-17-7-3-5-9-19(17)27-13-11-26-12-14-28-20-10-6-4-8-18(20)22(24-21)16(2)23(15)25/h3-10,15-16,21-22,24H,11-14H2,1-2H3/p+1/t15-,16+,21-,22-/m0/s1. The van der Waals surface area contributed by atoms with Gasteiger partial charge in [-0.25, -0.2) is 0 Å². The first kappa shape index (κ1) is 19.0. The van der Waals surface area contributed by atoms with Gasteiger partial charge in [0.1, 0.15) is 36.8 Å². The van der Waals surface area contributed by atoms with Gasteiger partial charge in [0.25, 0.3) is 0 Å². The zero-order chi connectivity index (χ0) is 19.5. The first-order valence-electron chi connectivity index (χ1n) is 10.1. The maximum absolute atomic E-state index is 13.2. The molecule has 2 aliphatic rings. The Balaban J connectivity index is 1.78. The molecule has 2 bridgehead atoms. The minimum Gasteiger partial charge on any atom is -0.491 e. The molecule has 0 aliphatic carbocycles. The predicted molar refractivity (Wildman–Crippen MR) is 105 cm³/mol. The van der Waals surface area contributed by atoms with Crippen LogP contribution in [-0.2, 0) is 9.53 Å². The Morgan fingerprint density at radius 2 is 1.21 bits per heavy atom. The number of nitrogens with two attached hydrogens (primary N) is 1. The second kappa shape index (κ2) is 8.33. The second-order valence-electron chi connectivity index (χ2n) is 7.61. The number of rotatable bonds is 0. The summed E-state index contributed by atoms with van der Waals surface area (Å²) in [6, 6.07) is 16.1. The molecule has 1 fully saturated rings. The minimum atomic E-state index is -0.0896. The molecule has 0 radical (unpaired) electrons. The Labute approximate surface area is 166 Å². The number of hydrogen-bond donors (Lipinski definition) is 1. The molecular formula is C23H28NO4+. The lowest BCUT2D eigenvalue weighted by Gasteiger charge is -2.37. The Hall–Kier alpha value is -2.37. The molecule has 28 heavy (non-hydrogen) atoms. The van der Waals surface area contributed by atoms with Crippen LogP contribution in [0.3, 0.4) is 0 Å². The molecule has 2 N–H and O–H groups in total. The number of para-hydroxylation sites is 2. The maximum Gasteiger partial charge on any atom is 0.151 e. The highest BCUT2D eigenvalue weighted by Crippen LogP contribution is 2.38. The lowest BCUT2D eigenvalue weighted by molar-refractivity contribution is -0.748. The number of fused-ring (bicyclic) bond motifs is 6. The molecule has 148 valence electrons. The highest BCUT2D eigenvalue weighted by Gasteiger charge is 2.45. The summed E-state index contributed by atoms with van der Waals surface area (Å²) in [7, 11) is 0. The van der Waals surface area contributed by atoms with Crippen molar-refractivity contribution in [3.63, 3.8) is 0 Å². The predicted octanol–water partition coefficient (Wildman–Crippen LogP) is 2.68. The molecule has 2 aliphatic heterocycles. The Bertz CT molecular complexity index is 771. The van der Waals surface area contributed by atoms with Crippen LogP contribution in [0, 0.1) is 11.8 Å². The van der Waals surface area contributed by atoms with Gasteiger partial charge in [0.05, 0.1) is 36.2 Å². The number of ether oxygens (including phenoxy) is 3. The quantitative estimate of drug-likeness (QED) is 0.761. The average Bonchev–Trinajstić information content (AvgIpc) is 2.72. The fraction of sp³-hybridized carbons (Fsp3) is 0.435. The lowest BCUT2D eigenvalue weighted by atomic mass is 9.76. The van der Waals surface area contributed by atoms with E-state index in [4.69, 9.17) is 14.2 Å². The molecule has 5 heteroatoms. The van der Waals surface area contributed by atoms with Crippen molar-refractivity contribution in [2.24, 2.45) is 11.8 Å². The fourth-order valence-corrected chi connectivity index (χ4v) is 4.37. The van der Waals surface area contributed by atoms with Crippen LogP contribution in [0.1, 0.15) is 37.1 Å². The Morgan fingerprint density at radius 1 is 0.750 bits per heavy atom. The van der Waals surface area contributed by atoms with E-state index < -0.39 is 0 Å². The third kappa shape index (κ3) is 3.64. The van der Waals surface area contributed by atoms with Crippen LogP contribution in [0.25, 0.3) is 0 Å². The number of benzene rings is 2. The van der Waals surface area contributed by atoms with E-state index in [1.165, 1.54) is 0 Å². The van der Waals surface area contributed by atoms with Crippen molar-refractivity contribution >= 4 is 5.78 Å². The summed E-state index contributed by atoms with van der Waals surface area (Å²) in [6.45, 7) is 6.01. The normalized spacial score (nSPS) is 28.1. The van der Waals surface area contributed by atoms with Crippen molar-refractivity contribution in [1.82, 2.24) is 0 Å². The van der Waals surface area contributed by atoms with E-state index in [9.17, 15) is 4.79 Å². The summed E-state index contributed by atoms with van der Waals surface area (Å²) in [5, 5.41) is 2.32. The van der Waals surface area contributed by atoms with E-state index in [1.54, 1.807) is 0 Å². The van der Waals surface area contributed by atoms with Crippen LogP contribution in [-0.4, -0.2) is 32.2 Å². The summed E-state index contributed by atoms with van der Waals surface area (Å²) in [6.07, 6.45) is 0. The largest absolute Gasteiger partial charge is 0.491 e. The van der Waals surface area contributed by atoms with Gasteiger partial charge < -0.3 is 19.5 Å². The Morgan fingerprint density at radius 3 is 1.71 bits per heavy atom. The molecule has 4 atom stereocenters. The second-order valence-corrected chi connectivity index (χ2v) is 7.61. The number of ketones is 1. The number of carbonyl (C=O) groups is 1. The topological polar surface area (TPSA) is 61.4 Å². The van der Waals surface area contributed by atoms with Gasteiger partial charge in [0, 0.05) is 0 Å². The van der Waals surface area contributed by atoms with Crippen molar-refractivity contribution in [1.29, 1.82) is 0 Å². The van der Waals surface area contributed by atoms with Gasteiger partial charge in [-0.3, -0.25) is 4.79 Å². The molecule has 2 aromatic rings. The van der Waals surface area contributed by atoms with Crippen molar-refractivity contribution in [3.05, 3.63) is 59.7 Å². The fourth-order valence-electron chi connectivity index (χ4n) is 4.37. The van der Waals surface area contributed by atoms with Crippen LogP contribution < -0.4 is 14.8 Å². The van der Waals surface area contributed by atoms with Crippen molar-refractivity contribution < 1.29 is 24.3 Å². The van der Waals surface area contributed by atoms with Crippen molar-refractivity contribution in [3.8, 4) is 11.5 Å². The van der Waals surface area contributed by atoms with Gasteiger partial charge in [-0.1, -0.05) is 24.3 Å². The van der Waals surface area contributed by atoms with E-state index >= 15 is 0 Å². The Kier molecular flexibility index (Phi) is 5.64. The summed E-state index contributed by atoms with van der Waals surface area (Å²) >= 11 is 0. The van der Waals surface area contributed by atoms with Gasteiger partial charge in [-0.2, -0.15) is 0 Å². The molecule has 0 saturated carbocycles.